The van der Waals surface area contributed by atoms with Crippen LogP contribution >= 0.6 is 0 Å². The number of hydrogen-bond acceptors (Lipinski definition) is 4. The molecular weight excluding hydrogens is 388 g/mol. The van der Waals surface area contributed by atoms with E-state index in [9.17, 15) is 4.79 Å². The van der Waals surface area contributed by atoms with Crippen LogP contribution in [0.5, 0.6) is 0 Å². The van der Waals surface area contributed by atoms with Crippen LogP contribution in [0.2, 0.25) is 0 Å². The number of rotatable bonds is 4. The number of benzene rings is 1. The van der Waals surface area contributed by atoms with E-state index in [0.717, 1.165) is 49.8 Å². The van der Waals surface area contributed by atoms with Crippen LogP contribution < -0.4 is 4.90 Å². The number of nitrogens with zero attached hydrogens (tertiary/aromatic N) is 6. The van der Waals surface area contributed by atoms with Gasteiger partial charge < -0.3 is 9.80 Å². The van der Waals surface area contributed by atoms with E-state index in [0.29, 0.717) is 6.54 Å². The Bertz CT molecular complexity index is 1170. The van der Waals surface area contributed by atoms with Crippen molar-refractivity contribution in [2.24, 2.45) is 13.0 Å². The Labute approximate surface area is 182 Å². The summed E-state index contributed by atoms with van der Waals surface area (Å²) in [5, 5.41) is 9.47. The van der Waals surface area contributed by atoms with Gasteiger partial charge in [-0.25, -0.2) is 0 Å². The quantitative estimate of drug-likeness (QED) is 0.655. The van der Waals surface area contributed by atoms with Gasteiger partial charge in [-0.3, -0.25) is 14.2 Å². The maximum atomic E-state index is 12.1. The molecule has 0 saturated heterocycles. The lowest BCUT2D eigenvalue weighted by Crippen LogP contribution is -2.35. The zero-order valence-corrected chi connectivity index (χ0v) is 18.2. The summed E-state index contributed by atoms with van der Waals surface area (Å²) < 4.78 is 4.09. The molecule has 1 saturated carbocycles. The first kappa shape index (κ1) is 18.7. The second-order valence-corrected chi connectivity index (χ2v) is 9.21. The van der Waals surface area contributed by atoms with Crippen LogP contribution in [0.15, 0.2) is 30.6 Å². The lowest BCUT2D eigenvalue weighted by Gasteiger charge is -2.28. The van der Waals surface area contributed by atoms with E-state index >= 15 is 0 Å². The highest BCUT2D eigenvalue weighted by Gasteiger charge is 2.33. The van der Waals surface area contributed by atoms with Gasteiger partial charge in [-0.1, -0.05) is 12.1 Å². The predicted molar refractivity (Wildman–Crippen MR) is 119 cm³/mol. The fourth-order valence-electron chi connectivity index (χ4n) is 5.00. The Balaban J connectivity index is 1.41. The van der Waals surface area contributed by atoms with E-state index in [2.05, 4.69) is 39.1 Å². The second kappa shape index (κ2) is 6.97. The Morgan fingerprint density at radius 3 is 2.77 bits per heavy atom. The molecule has 0 N–H and O–H groups in total. The SMILES string of the molecule is CC(=O)N1CCc2c(c(N3CCc4ccc(-c5cnn(C)c5)cc43)nn2CC2CC2)C1. The van der Waals surface area contributed by atoms with Crippen LogP contribution in [0.25, 0.3) is 11.1 Å². The van der Waals surface area contributed by atoms with Crippen LogP contribution in [0.1, 0.15) is 36.6 Å². The van der Waals surface area contributed by atoms with Gasteiger partial charge in [-0.2, -0.15) is 10.2 Å². The zero-order chi connectivity index (χ0) is 21.1. The third-order valence-electron chi connectivity index (χ3n) is 6.96. The van der Waals surface area contributed by atoms with E-state index in [4.69, 9.17) is 5.10 Å². The number of fused-ring (bicyclic) bond motifs is 2. The minimum Gasteiger partial charge on any atom is -0.338 e. The molecular formula is C24H28N6O. The third-order valence-corrected chi connectivity index (χ3v) is 6.96. The largest absolute Gasteiger partial charge is 0.338 e. The molecule has 3 aliphatic rings. The molecule has 7 nitrogen and oxygen atoms in total. The molecule has 1 aromatic carbocycles. The molecule has 0 spiro atoms. The molecule has 1 amide bonds. The van der Waals surface area contributed by atoms with E-state index in [1.54, 1.807) is 6.92 Å². The predicted octanol–water partition coefficient (Wildman–Crippen LogP) is 3.29. The van der Waals surface area contributed by atoms with Gasteiger partial charge in [0.15, 0.2) is 5.82 Å². The first-order chi connectivity index (χ1) is 15.1. The summed E-state index contributed by atoms with van der Waals surface area (Å²) in [6.07, 6.45) is 8.50. The first-order valence-corrected chi connectivity index (χ1v) is 11.3. The van der Waals surface area contributed by atoms with Crippen LogP contribution in [-0.2, 0) is 37.8 Å². The molecule has 0 bridgehead atoms. The summed E-state index contributed by atoms with van der Waals surface area (Å²) in [5.74, 6) is 1.96. The van der Waals surface area contributed by atoms with E-state index in [1.807, 2.05) is 22.8 Å². The first-order valence-electron chi connectivity index (χ1n) is 11.3. The minimum atomic E-state index is 0.146. The number of hydrogen-bond donors (Lipinski definition) is 0. The zero-order valence-electron chi connectivity index (χ0n) is 18.2. The molecule has 0 atom stereocenters. The standard InChI is InChI=1S/C24H28N6O/c1-16(31)28-9-8-22-21(15-28)24(26-30(22)13-17-3-4-17)29-10-7-18-5-6-19(11-23(18)29)20-12-25-27(2)14-20/h5-6,11-12,14,17H,3-4,7-10,13,15H2,1-2H3. The molecule has 4 heterocycles. The number of carbonyl (C=O) groups excluding carboxylic acids is 1. The fourth-order valence-corrected chi connectivity index (χ4v) is 5.00. The molecule has 6 rings (SSSR count). The normalized spacial score (nSPS) is 17.7. The number of amides is 1. The van der Waals surface area contributed by atoms with Gasteiger partial charge in [0.05, 0.1) is 12.7 Å². The number of aryl methyl sites for hydroxylation is 1. The summed E-state index contributed by atoms with van der Waals surface area (Å²) >= 11 is 0. The summed E-state index contributed by atoms with van der Waals surface area (Å²) in [6, 6.07) is 6.71. The monoisotopic (exact) mass is 416 g/mol. The maximum absolute atomic E-state index is 12.1. The van der Waals surface area contributed by atoms with Gasteiger partial charge in [-0.05, 0) is 42.4 Å². The van der Waals surface area contributed by atoms with Crippen molar-refractivity contribution < 1.29 is 4.79 Å². The third kappa shape index (κ3) is 3.23. The molecule has 0 radical (unpaired) electrons. The highest BCUT2D eigenvalue weighted by molar-refractivity contribution is 5.78. The Morgan fingerprint density at radius 2 is 2.03 bits per heavy atom. The van der Waals surface area contributed by atoms with E-state index in [-0.39, 0.29) is 5.91 Å². The molecule has 2 aliphatic heterocycles. The van der Waals surface area contributed by atoms with Gasteiger partial charge in [0.2, 0.25) is 5.91 Å². The Morgan fingerprint density at radius 1 is 1.16 bits per heavy atom. The average Bonchev–Trinajstić information content (AvgIpc) is 3.16. The van der Waals surface area contributed by atoms with Gasteiger partial charge in [-0.15, -0.1) is 0 Å². The molecule has 1 aliphatic carbocycles. The highest BCUT2D eigenvalue weighted by Crippen LogP contribution is 2.41. The second-order valence-electron chi connectivity index (χ2n) is 9.21. The average molecular weight is 417 g/mol. The fraction of sp³-hybridized carbons (Fsp3) is 0.458. The number of carbonyl (C=O) groups is 1. The molecule has 2 aromatic heterocycles. The maximum Gasteiger partial charge on any atom is 0.219 e. The molecule has 31 heavy (non-hydrogen) atoms. The van der Waals surface area contributed by atoms with Crippen LogP contribution in [0.3, 0.4) is 0 Å². The van der Waals surface area contributed by atoms with Crippen molar-refractivity contribution in [2.45, 2.75) is 45.7 Å². The van der Waals surface area contributed by atoms with Gasteiger partial charge >= 0.3 is 0 Å². The molecule has 1 fully saturated rings. The molecule has 160 valence electrons. The topological polar surface area (TPSA) is 59.2 Å². The summed E-state index contributed by atoms with van der Waals surface area (Å²) in [4.78, 5) is 16.4. The van der Waals surface area contributed by atoms with E-state index in [1.165, 1.54) is 40.9 Å². The highest BCUT2D eigenvalue weighted by atomic mass is 16.2. The summed E-state index contributed by atoms with van der Waals surface area (Å²) in [6.45, 7) is 5.07. The summed E-state index contributed by atoms with van der Waals surface area (Å²) in [5.41, 5.74) is 7.46. The van der Waals surface area contributed by atoms with Crippen LogP contribution in [0.4, 0.5) is 11.5 Å². The lowest BCUT2D eigenvalue weighted by atomic mass is 10.0. The molecule has 7 heteroatoms. The van der Waals surface area contributed by atoms with Crippen molar-refractivity contribution in [2.75, 3.05) is 18.0 Å². The molecule has 3 aromatic rings. The lowest BCUT2D eigenvalue weighted by molar-refractivity contribution is -0.129. The van der Waals surface area contributed by atoms with Crippen molar-refractivity contribution in [3.8, 4) is 11.1 Å². The minimum absolute atomic E-state index is 0.146. The van der Waals surface area contributed by atoms with Crippen LogP contribution in [-0.4, -0.2) is 43.5 Å². The van der Waals surface area contributed by atoms with Gasteiger partial charge in [0.25, 0.3) is 0 Å². The van der Waals surface area contributed by atoms with Crippen LogP contribution in [0, 0.1) is 5.92 Å². The summed E-state index contributed by atoms with van der Waals surface area (Å²) in [7, 11) is 1.95. The smallest absolute Gasteiger partial charge is 0.219 e. The van der Waals surface area contributed by atoms with Crippen molar-refractivity contribution in [3.05, 3.63) is 47.4 Å². The molecule has 0 unspecified atom stereocenters. The van der Waals surface area contributed by atoms with Crippen molar-refractivity contribution >= 4 is 17.4 Å². The van der Waals surface area contributed by atoms with Crippen molar-refractivity contribution in [3.63, 3.8) is 0 Å². The Kier molecular flexibility index (Phi) is 4.20. The Hall–Kier alpha value is -3.09. The van der Waals surface area contributed by atoms with Crippen molar-refractivity contribution in [1.29, 1.82) is 0 Å². The van der Waals surface area contributed by atoms with Gasteiger partial charge in [0.1, 0.15) is 0 Å². The van der Waals surface area contributed by atoms with Gasteiger partial charge in [0, 0.05) is 68.7 Å². The van der Waals surface area contributed by atoms with E-state index < -0.39 is 0 Å². The number of aromatic nitrogens is 4. The number of anilines is 2. The van der Waals surface area contributed by atoms with Crippen molar-refractivity contribution in [1.82, 2.24) is 24.5 Å².